The Balaban J connectivity index is 1.96. The zero-order chi connectivity index (χ0) is 20.9. The Bertz CT molecular complexity index is 769. The van der Waals surface area contributed by atoms with Gasteiger partial charge in [0, 0.05) is 19.1 Å². The molecule has 1 aromatic carbocycles. The van der Waals surface area contributed by atoms with E-state index < -0.39 is 26.8 Å². The quantitative estimate of drug-likeness (QED) is 0.735. The number of nitrogens with one attached hydrogen (secondary N) is 1. The van der Waals surface area contributed by atoms with Gasteiger partial charge in [-0.1, -0.05) is 6.07 Å². The number of hydrogen-bond donors (Lipinski definition) is 1. The predicted octanol–water partition coefficient (Wildman–Crippen LogP) is 3.25. The summed E-state index contributed by atoms with van der Waals surface area (Å²) in [6, 6.07) is 3.96. The van der Waals surface area contributed by atoms with Gasteiger partial charge in [0.05, 0.1) is 22.3 Å². The second-order valence-corrected chi connectivity index (χ2v) is 9.22. The first kappa shape index (κ1) is 22.7. The van der Waals surface area contributed by atoms with Crippen LogP contribution in [0.25, 0.3) is 0 Å². The molecule has 0 aliphatic heterocycles. The number of nitrogens with zero attached hydrogens (tertiary/aromatic N) is 1. The van der Waals surface area contributed by atoms with Crippen LogP contribution in [0.1, 0.15) is 45.1 Å². The number of sulfone groups is 1. The molecular weight excluding hydrogens is 393 g/mol. The molecule has 28 heavy (non-hydrogen) atoms. The predicted molar refractivity (Wildman–Crippen MR) is 101 cm³/mol. The number of likely N-dealkylation sites (N-methyl/N-ethyl adjacent to an activating group) is 1. The van der Waals surface area contributed by atoms with Crippen LogP contribution in [-0.2, 0) is 20.8 Å². The van der Waals surface area contributed by atoms with Crippen molar-refractivity contribution in [1.82, 2.24) is 10.2 Å². The fourth-order valence-electron chi connectivity index (χ4n) is 3.54. The van der Waals surface area contributed by atoms with Crippen molar-refractivity contribution in [3.63, 3.8) is 0 Å². The smallest absolute Gasteiger partial charge is 0.342 e. The van der Waals surface area contributed by atoms with Crippen LogP contribution in [0.5, 0.6) is 0 Å². The lowest BCUT2D eigenvalue weighted by atomic mass is 9.95. The van der Waals surface area contributed by atoms with Crippen molar-refractivity contribution in [2.24, 2.45) is 0 Å². The number of halogens is 3. The molecule has 1 fully saturated rings. The lowest BCUT2D eigenvalue weighted by Gasteiger charge is -2.29. The zero-order valence-electron chi connectivity index (χ0n) is 16.1. The molecule has 0 bridgehead atoms. The third-order valence-electron chi connectivity index (χ3n) is 5.26. The lowest BCUT2D eigenvalue weighted by molar-refractivity contribution is -0.137. The molecule has 1 aliphatic rings. The Kier molecular flexibility index (Phi) is 7.50. The van der Waals surface area contributed by atoms with Crippen LogP contribution < -0.4 is 5.32 Å². The second kappa shape index (κ2) is 9.26. The lowest BCUT2D eigenvalue weighted by Crippen LogP contribution is -2.43. The van der Waals surface area contributed by atoms with Crippen molar-refractivity contribution in [2.45, 2.75) is 61.9 Å². The summed E-state index contributed by atoms with van der Waals surface area (Å²) in [5.74, 6) is 0.00344. The van der Waals surface area contributed by atoms with E-state index >= 15 is 0 Å². The Labute approximate surface area is 164 Å². The van der Waals surface area contributed by atoms with Crippen LogP contribution in [0, 0.1) is 0 Å². The van der Waals surface area contributed by atoms with E-state index in [-0.39, 0.29) is 23.4 Å². The number of carbonyl (C=O) groups is 1. The van der Waals surface area contributed by atoms with Crippen LogP contribution >= 0.6 is 0 Å². The van der Waals surface area contributed by atoms with E-state index in [9.17, 15) is 26.4 Å². The van der Waals surface area contributed by atoms with Gasteiger partial charge in [-0.25, -0.2) is 8.42 Å². The third kappa shape index (κ3) is 5.47. The summed E-state index contributed by atoms with van der Waals surface area (Å²) in [6.07, 6.45) is -2.74. The van der Waals surface area contributed by atoms with Crippen LogP contribution in [0.2, 0.25) is 0 Å². The van der Waals surface area contributed by atoms with Crippen LogP contribution in [0.3, 0.4) is 0 Å². The molecule has 1 N–H and O–H groups in total. The highest BCUT2D eigenvalue weighted by Gasteiger charge is 2.35. The van der Waals surface area contributed by atoms with E-state index in [1.165, 1.54) is 6.07 Å². The van der Waals surface area contributed by atoms with Crippen LogP contribution in [0.15, 0.2) is 29.2 Å². The molecule has 0 radical (unpaired) electrons. The molecule has 0 heterocycles. The number of alkyl halides is 3. The molecule has 9 heteroatoms. The fourth-order valence-corrected chi connectivity index (χ4v) is 5.38. The Morgan fingerprint density at radius 1 is 1.14 bits per heavy atom. The van der Waals surface area contributed by atoms with Gasteiger partial charge in [-0.2, -0.15) is 13.2 Å². The third-order valence-corrected chi connectivity index (χ3v) is 7.52. The van der Waals surface area contributed by atoms with Gasteiger partial charge in [0.1, 0.15) is 0 Å². The summed E-state index contributed by atoms with van der Waals surface area (Å²) in [4.78, 5) is 13.5. The number of carbonyl (C=O) groups excluding carboxylic acids is 1. The normalized spacial score (nSPS) is 20.8. The highest BCUT2D eigenvalue weighted by molar-refractivity contribution is 7.92. The van der Waals surface area contributed by atoms with Crippen molar-refractivity contribution in [3.8, 4) is 0 Å². The first-order chi connectivity index (χ1) is 13.1. The van der Waals surface area contributed by atoms with Gasteiger partial charge in [-0.05, 0) is 57.7 Å². The Morgan fingerprint density at radius 3 is 2.29 bits per heavy atom. The molecule has 1 amide bonds. The van der Waals surface area contributed by atoms with Gasteiger partial charge in [0.2, 0.25) is 5.91 Å². The summed E-state index contributed by atoms with van der Waals surface area (Å²) < 4.78 is 64.1. The molecule has 0 atom stereocenters. The highest BCUT2D eigenvalue weighted by Crippen LogP contribution is 2.33. The summed E-state index contributed by atoms with van der Waals surface area (Å²) in [7, 11) is -3.82. The SMILES string of the molecule is CCN(CC)C(=O)CNC1CCC(S(=O)(=O)c2cccc(C(F)(F)F)c2)CC1. The molecule has 0 unspecified atom stereocenters. The number of benzene rings is 1. The zero-order valence-corrected chi connectivity index (χ0v) is 16.9. The summed E-state index contributed by atoms with van der Waals surface area (Å²) in [6.45, 7) is 5.30. The van der Waals surface area contributed by atoms with Crippen molar-refractivity contribution in [2.75, 3.05) is 19.6 Å². The molecule has 2 rings (SSSR count). The first-order valence-electron chi connectivity index (χ1n) is 9.51. The molecule has 1 aliphatic carbocycles. The van der Waals surface area contributed by atoms with Crippen molar-refractivity contribution in [1.29, 1.82) is 0 Å². The standard InChI is InChI=1S/C19H27F3N2O3S/c1-3-24(4-2)18(25)13-23-15-8-10-16(11-9-15)28(26,27)17-7-5-6-14(12-17)19(20,21)22/h5-7,12,15-16,23H,3-4,8-11,13H2,1-2H3. The van der Waals surface area contributed by atoms with E-state index in [1.54, 1.807) is 4.90 Å². The average molecular weight is 420 g/mol. The Morgan fingerprint density at radius 2 is 1.75 bits per heavy atom. The minimum absolute atomic E-state index is 0.00344. The van der Waals surface area contributed by atoms with E-state index in [2.05, 4.69) is 5.32 Å². The molecular formula is C19H27F3N2O3S. The largest absolute Gasteiger partial charge is 0.416 e. The summed E-state index contributed by atoms with van der Waals surface area (Å²) in [5.41, 5.74) is -0.959. The number of hydrogen-bond acceptors (Lipinski definition) is 4. The molecule has 1 aromatic rings. The fraction of sp³-hybridized carbons (Fsp3) is 0.632. The van der Waals surface area contributed by atoms with Crippen molar-refractivity contribution >= 4 is 15.7 Å². The van der Waals surface area contributed by atoms with E-state index in [4.69, 9.17) is 0 Å². The van der Waals surface area contributed by atoms with Crippen LogP contribution in [0.4, 0.5) is 13.2 Å². The summed E-state index contributed by atoms with van der Waals surface area (Å²) >= 11 is 0. The van der Waals surface area contributed by atoms with Crippen LogP contribution in [-0.4, -0.2) is 50.2 Å². The average Bonchev–Trinajstić information content (AvgIpc) is 2.67. The van der Waals surface area contributed by atoms with Gasteiger partial charge in [0.15, 0.2) is 9.84 Å². The maximum atomic E-state index is 12.9. The number of amides is 1. The van der Waals surface area contributed by atoms with Crippen molar-refractivity contribution < 1.29 is 26.4 Å². The monoisotopic (exact) mass is 420 g/mol. The minimum Gasteiger partial charge on any atom is -0.342 e. The van der Waals surface area contributed by atoms with Gasteiger partial charge >= 0.3 is 6.18 Å². The second-order valence-electron chi connectivity index (χ2n) is 6.99. The minimum atomic E-state index is -4.58. The first-order valence-corrected chi connectivity index (χ1v) is 11.1. The molecule has 5 nitrogen and oxygen atoms in total. The molecule has 1 saturated carbocycles. The highest BCUT2D eigenvalue weighted by atomic mass is 32.2. The van der Waals surface area contributed by atoms with E-state index in [0.717, 1.165) is 12.1 Å². The molecule has 0 spiro atoms. The maximum absolute atomic E-state index is 12.9. The van der Waals surface area contributed by atoms with Gasteiger partial charge in [-0.3, -0.25) is 4.79 Å². The maximum Gasteiger partial charge on any atom is 0.416 e. The van der Waals surface area contributed by atoms with Crippen molar-refractivity contribution in [3.05, 3.63) is 29.8 Å². The van der Waals surface area contributed by atoms with Gasteiger partial charge < -0.3 is 10.2 Å². The van der Waals surface area contributed by atoms with E-state index in [0.29, 0.717) is 44.8 Å². The molecule has 158 valence electrons. The molecule has 0 aromatic heterocycles. The van der Waals surface area contributed by atoms with Gasteiger partial charge in [0.25, 0.3) is 0 Å². The number of rotatable bonds is 7. The molecule has 0 saturated heterocycles. The van der Waals surface area contributed by atoms with Gasteiger partial charge in [-0.15, -0.1) is 0 Å². The topological polar surface area (TPSA) is 66.5 Å². The Hall–Kier alpha value is -1.61. The van der Waals surface area contributed by atoms with E-state index in [1.807, 2.05) is 13.8 Å². The summed E-state index contributed by atoms with van der Waals surface area (Å²) in [5, 5.41) is 2.48.